The number of rotatable bonds is 4. The summed E-state index contributed by atoms with van der Waals surface area (Å²) >= 11 is 3.31. The fourth-order valence-electron chi connectivity index (χ4n) is 2.46. The number of hydrogen-bond donors (Lipinski definition) is 3. The van der Waals surface area contributed by atoms with E-state index in [1.165, 1.54) is 13.0 Å². The third-order valence-corrected chi connectivity index (χ3v) is 5.84. The summed E-state index contributed by atoms with van der Waals surface area (Å²) in [6, 6.07) is 3.14. The molecular weight excluding hydrogens is 370 g/mol. The highest BCUT2D eigenvalue weighted by Gasteiger charge is 2.24. The van der Waals surface area contributed by atoms with Gasteiger partial charge < -0.3 is 10.6 Å². The van der Waals surface area contributed by atoms with E-state index in [0.717, 1.165) is 25.9 Å². The molecule has 2 rings (SSSR count). The van der Waals surface area contributed by atoms with Crippen molar-refractivity contribution in [1.82, 2.24) is 10.0 Å². The Morgan fingerprint density at radius 1 is 1.32 bits per heavy atom. The van der Waals surface area contributed by atoms with Crippen LogP contribution in [0.5, 0.6) is 0 Å². The van der Waals surface area contributed by atoms with Gasteiger partial charge in [-0.3, -0.25) is 4.79 Å². The van der Waals surface area contributed by atoms with E-state index >= 15 is 0 Å². The Morgan fingerprint density at radius 3 is 2.55 bits per heavy atom. The molecule has 8 heteroatoms. The second-order valence-electron chi connectivity index (χ2n) is 5.42. The van der Waals surface area contributed by atoms with Gasteiger partial charge in [-0.15, -0.1) is 0 Å². The highest BCUT2D eigenvalue weighted by molar-refractivity contribution is 9.10. The van der Waals surface area contributed by atoms with E-state index in [9.17, 15) is 13.2 Å². The van der Waals surface area contributed by atoms with Crippen molar-refractivity contribution in [3.05, 3.63) is 22.2 Å². The number of benzene rings is 1. The maximum Gasteiger partial charge on any atom is 0.241 e. The molecule has 0 saturated carbocycles. The predicted molar refractivity (Wildman–Crippen MR) is 89.4 cm³/mol. The lowest BCUT2D eigenvalue weighted by Gasteiger charge is -2.24. The van der Waals surface area contributed by atoms with E-state index in [2.05, 4.69) is 31.3 Å². The van der Waals surface area contributed by atoms with Gasteiger partial charge in [-0.05, 0) is 66.5 Å². The normalized spacial score (nSPS) is 16.5. The first-order chi connectivity index (χ1) is 10.3. The Kier molecular flexibility index (Phi) is 5.60. The zero-order valence-corrected chi connectivity index (χ0v) is 15.0. The number of hydrogen-bond acceptors (Lipinski definition) is 4. The summed E-state index contributed by atoms with van der Waals surface area (Å²) in [4.78, 5) is 11.4. The fraction of sp³-hybridized carbons (Fsp3) is 0.500. The van der Waals surface area contributed by atoms with Crippen LogP contribution in [0.1, 0.15) is 25.3 Å². The summed E-state index contributed by atoms with van der Waals surface area (Å²) in [6.07, 6.45) is 1.56. The number of carbonyl (C=O) groups is 1. The molecule has 0 aliphatic carbocycles. The molecule has 0 unspecified atom stereocenters. The summed E-state index contributed by atoms with van der Waals surface area (Å²) in [6.45, 7) is 4.76. The van der Waals surface area contributed by atoms with Gasteiger partial charge >= 0.3 is 0 Å². The molecule has 0 radical (unpaired) electrons. The second-order valence-corrected chi connectivity index (χ2v) is 7.96. The van der Waals surface area contributed by atoms with Crippen molar-refractivity contribution < 1.29 is 13.2 Å². The minimum atomic E-state index is -3.58. The van der Waals surface area contributed by atoms with Crippen LogP contribution in [0.25, 0.3) is 0 Å². The van der Waals surface area contributed by atoms with Crippen LogP contribution in [-0.2, 0) is 14.8 Å². The van der Waals surface area contributed by atoms with E-state index in [4.69, 9.17) is 0 Å². The molecule has 1 amide bonds. The predicted octanol–water partition coefficient (Wildman–Crippen LogP) is 1.75. The largest absolute Gasteiger partial charge is 0.325 e. The third-order valence-electron chi connectivity index (χ3n) is 3.53. The second kappa shape index (κ2) is 7.08. The first-order valence-electron chi connectivity index (χ1n) is 7.10. The number of sulfonamides is 1. The highest BCUT2D eigenvalue weighted by atomic mass is 79.9. The maximum absolute atomic E-state index is 12.6. The van der Waals surface area contributed by atoms with Gasteiger partial charge in [0, 0.05) is 17.4 Å². The van der Waals surface area contributed by atoms with Gasteiger partial charge in [0.1, 0.15) is 0 Å². The molecule has 3 N–H and O–H groups in total. The van der Waals surface area contributed by atoms with Gasteiger partial charge in [-0.2, -0.15) is 0 Å². The molecule has 22 heavy (non-hydrogen) atoms. The van der Waals surface area contributed by atoms with Gasteiger partial charge in [0.2, 0.25) is 15.9 Å². The van der Waals surface area contributed by atoms with Crippen molar-refractivity contribution >= 4 is 37.5 Å². The molecule has 1 aliphatic heterocycles. The van der Waals surface area contributed by atoms with Crippen molar-refractivity contribution in [2.75, 3.05) is 18.4 Å². The molecular formula is C14H20BrN3O3S. The van der Waals surface area contributed by atoms with Gasteiger partial charge in [0.05, 0.1) is 10.6 Å². The average Bonchev–Trinajstić information content (AvgIpc) is 2.42. The summed E-state index contributed by atoms with van der Waals surface area (Å²) in [7, 11) is -3.58. The number of anilines is 1. The van der Waals surface area contributed by atoms with E-state index in [1.807, 2.05) is 0 Å². The Bertz CT molecular complexity index is 670. The van der Waals surface area contributed by atoms with Crippen molar-refractivity contribution in [3.63, 3.8) is 0 Å². The van der Waals surface area contributed by atoms with Gasteiger partial charge in [-0.1, -0.05) is 0 Å². The molecule has 0 spiro atoms. The zero-order chi connectivity index (χ0) is 16.3. The van der Waals surface area contributed by atoms with Crippen molar-refractivity contribution in [2.24, 2.45) is 0 Å². The summed E-state index contributed by atoms with van der Waals surface area (Å²) in [5.41, 5.74) is 1.15. The highest BCUT2D eigenvalue weighted by Crippen LogP contribution is 2.29. The third kappa shape index (κ3) is 4.28. The monoisotopic (exact) mass is 389 g/mol. The summed E-state index contributed by atoms with van der Waals surface area (Å²) in [5.74, 6) is -0.205. The molecule has 1 heterocycles. The number of aryl methyl sites for hydroxylation is 1. The van der Waals surface area contributed by atoms with E-state index in [1.54, 1.807) is 13.0 Å². The van der Waals surface area contributed by atoms with Crippen LogP contribution >= 0.6 is 15.9 Å². The average molecular weight is 390 g/mol. The summed E-state index contributed by atoms with van der Waals surface area (Å²) in [5, 5.41) is 5.87. The fourth-order valence-corrected chi connectivity index (χ4v) is 4.61. The number of piperidine rings is 1. The molecule has 0 atom stereocenters. The van der Waals surface area contributed by atoms with Crippen LogP contribution in [0, 0.1) is 6.92 Å². The number of carbonyl (C=O) groups excluding carboxylic acids is 1. The lowest BCUT2D eigenvalue weighted by molar-refractivity contribution is -0.114. The molecule has 1 aromatic rings. The maximum atomic E-state index is 12.6. The number of halogens is 1. The Morgan fingerprint density at radius 2 is 1.95 bits per heavy atom. The van der Waals surface area contributed by atoms with Crippen LogP contribution in [0.2, 0.25) is 0 Å². The van der Waals surface area contributed by atoms with Crippen LogP contribution in [0.3, 0.4) is 0 Å². The van der Waals surface area contributed by atoms with Crippen LogP contribution in [0.15, 0.2) is 21.5 Å². The van der Waals surface area contributed by atoms with Gasteiger partial charge in [0.15, 0.2) is 0 Å². The van der Waals surface area contributed by atoms with E-state index < -0.39 is 10.0 Å². The minimum Gasteiger partial charge on any atom is -0.325 e. The van der Waals surface area contributed by atoms with Crippen molar-refractivity contribution in [2.45, 2.75) is 37.6 Å². The van der Waals surface area contributed by atoms with Crippen LogP contribution in [0.4, 0.5) is 5.69 Å². The van der Waals surface area contributed by atoms with E-state index in [-0.39, 0.29) is 16.8 Å². The quantitative estimate of drug-likeness (QED) is 0.731. The molecule has 1 saturated heterocycles. The van der Waals surface area contributed by atoms with Crippen molar-refractivity contribution in [3.8, 4) is 0 Å². The lowest BCUT2D eigenvalue weighted by Crippen LogP contribution is -2.42. The number of nitrogens with one attached hydrogen (secondary N) is 3. The molecule has 122 valence electrons. The zero-order valence-electron chi connectivity index (χ0n) is 12.6. The van der Waals surface area contributed by atoms with Crippen LogP contribution in [-0.4, -0.2) is 33.5 Å². The molecule has 6 nitrogen and oxygen atoms in total. The first kappa shape index (κ1) is 17.4. The molecule has 0 bridgehead atoms. The SMILES string of the molecule is CC(=O)Nc1cc(C)c(S(=O)(=O)NC2CCNCC2)cc1Br. The molecule has 1 aromatic carbocycles. The minimum absolute atomic E-state index is 0.0422. The van der Waals surface area contributed by atoms with Crippen molar-refractivity contribution in [1.29, 1.82) is 0 Å². The molecule has 1 aliphatic rings. The Balaban J connectivity index is 2.26. The molecule has 1 fully saturated rings. The van der Waals surface area contributed by atoms with Gasteiger partial charge in [-0.25, -0.2) is 13.1 Å². The smallest absolute Gasteiger partial charge is 0.241 e. The Hall–Kier alpha value is -0.960. The summed E-state index contributed by atoms with van der Waals surface area (Å²) < 4.78 is 28.4. The molecule has 0 aromatic heterocycles. The van der Waals surface area contributed by atoms with Crippen LogP contribution < -0.4 is 15.4 Å². The first-order valence-corrected chi connectivity index (χ1v) is 9.38. The standard InChI is InChI=1S/C14H20BrN3O3S/c1-9-7-13(17-10(2)19)12(15)8-14(9)22(20,21)18-11-3-5-16-6-4-11/h7-8,11,16,18H,3-6H2,1-2H3,(H,17,19). The Labute approximate surface area is 139 Å². The lowest BCUT2D eigenvalue weighted by atomic mass is 10.1. The topological polar surface area (TPSA) is 87.3 Å². The number of amides is 1. The van der Waals surface area contributed by atoms with Gasteiger partial charge in [0.25, 0.3) is 0 Å². The van der Waals surface area contributed by atoms with E-state index in [0.29, 0.717) is 15.7 Å².